The summed E-state index contributed by atoms with van der Waals surface area (Å²) in [6.45, 7) is 0. The molecule has 1 N–H and O–H groups in total. The van der Waals surface area contributed by atoms with E-state index in [1.165, 1.54) is 6.20 Å². The Morgan fingerprint density at radius 3 is 2.20 bits per heavy atom. The first-order valence-electron chi connectivity index (χ1n) is 3.79. The van der Waals surface area contributed by atoms with Crippen LogP contribution in [0, 0.1) is 0 Å². The summed E-state index contributed by atoms with van der Waals surface area (Å²) in [5, 5.41) is 8.87. The lowest BCUT2D eigenvalue weighted by Crippen LogP contribution is -2.42. The minimum Gasteiger partial charge on any atom is -0.382 e. The lowest BCUT2D eigenvalue weighted by molar-refractivity contribution is -0.315. The smallest absolute Gasteiger partial charge is 0.382 e. The lowest BCUT2D eigenvalue weighted by atomic mass is 10.1. The van der Waals surface area contributed by atoms with Crippen molar-refractivity contribution in [1.29, 1.82) is 0 Å². The number of hydrogen-bond donors (Lipinski definition) is 1. The van der Waals surface area contributed by atoms with E-state index in [9.17, 15) is 22.0 Å². The van der Waals surface area contributed by atoms with Crippen molar-refractivity contribution < 1.29 is 27.1 Å². The SMILES string of the molecule is O[C@@H](c1cccnc1)C(F)(F)C(F)(F)F. The Balaban J connectivity index is 3.00. The Kier molecular flexibility index (Phi) is 2.94. The summed E-state index contributed by atoms with van der Waals surface area (Å²) < 4.78 is 60.7. The standard InChI is InChI=1S/C8H6F5NO/c9-7(10,8(11,12)13)6(15)5-2-1-3-14-4-5/h1-4,6,15H/t6-/m0/s1. The van der Waals surface area contributed by atoms with Gasteiger partial charge in [0, 0.05) is 18.0 Å². The van der Waals surface area contributed by atoms with Crippen LogP contribution in [-0.4, -0.2) is 22.2 Å². The number of rotatable bonds is 2. The molecule has 15 heavy (non-hydrogen) atoms. The highest BCUT2D eigenvalue weighted by Crippen LogP contribution is 2.44. The highest BCUT2D eigenvalue weighted by Gasteiger charge is 2.62. The van der Waals surface area contributed by atoms with Gasteiger partial charge in [-0.05, 0) is 6.07 Å². The van der Waals surface area contributed by atoms with Crippen molar-refractivity contribution in [3.63, 3.8) is 0 Å². The third-order valence-electron chi connectivity index (χ3n) is 1.72. The molecule has 1 aromatic rings. The van der Waals surface area contributed by atoms with E-state index < -0.39 is 23.8 Å². The average molecular weight is 227 g/mol. The Morgan fingerprint density at radius 2 is 1.80 bits per heavy atom. The normalized spacial score (nSPS) is 15.1. The molecule has 0 saturated carbocycles. The van der Waals surface area contributed by atoms with Crippen molar-refractivity contribution in [2.45, 2.75) is 18.2 Å². The van der Waals surface area contributed by atoms with Crippen LogP contribution in [-0.2, 0) is 0 Å². The molecule has 84 valence electrons. The molecule has 0 unspecified atom stereocenters. The molecule has 0 aliphatic heterocycles. The number of aliphatic hydroxyl groups excluding tert-OH is 1. The second-order valence-electron chi connectivity index (χ2n) is 2.81. The van der Waals surface area contributed by atoms with Gasteiger partial charge in [-0.3, -0.25) is 4.98 Å². The molecule has 7 heteroatoms. The van der Waals surface area contributed by atoms with Crippen molar-refractivity contribution in [2.75, 3.05) is 0 Å². The predicted molar refractivity (Wildman–Crippen MR) is 40.2 cm³/mol. The molecular weight excluding hydrogens is 221 g/mol. The average Bonchev–Trinajstić information content (AvgIpc) is 2.16. The molecule has 0 fully saturated rings. The number of aliphatic hydroxyl groups is 1. The van der Waals surface area contributed by atoms with Crippen LogP contribution in [0.15, 0.2) is 24.5 Å². The molecule has 0 aromatic carbocycles. The second-order valence-corrected chi connectivity index (χ2v) is 2.81. The molecule has 0 aliphatic carbocycles. The maximum atomic E-state index is 12.6. The summed E-state index contributed by atoms with van der Waals surface area (Å²) in [5.41, 5.74) is -0.583. The van der Waals surface area contributed by atoms with Gasteiger partial charge in [0.05, 0.1) is 0 Å². The number of alkyl halides is 5. The number of aromatic nitrogens is 1. The highest BCUT2D eigenvalue weighted by molar-refractivity contribution is 5.15. The van der Waals surface area contributed by atoms with E-state index in [1.54, 1.807) is 0 Å². The van der Waals surface area contributed by atoms with Crippen LogP contribution in [0.5, 0.6) is 0 Å². The van der Waals surface area contributed by atoms with Crippen molar-refractivity contribution in [2.24, 2.45) is 0 Å². The molecule has 0 spiro atoms. The van der Waals surface area contributed by atoms with E-state index in [4.69, 9.17) is 5.11 Å². The third kappa shape index (κ3) is 2.23. The van der Waals surface area contributed by atoms with Gasteiger partial charge in [-0.2, -0.15) is 22.0 Å². The number of nitrogens with zero attached hydrogens (tertiary/aromatic N) is 1. The van der Waals surface area contributed by atoms with Crippen LogP contribution < -0.4 is 0 Å². The minimum absolute atomic E-state index is 0.583. The van der Waals surface area contributed by atoms with E-state index in [0.717, 1.165) is 18.3 Å². The van der Waals surface area contributed by atoms with Crippen LogP contribution in [0.3, 0.4) is 0 Å². The first kappa shape index (κ1) is 11.8. The zero-order valence-electron chi connectivity index (χ0n) is 7.17. The lowest BCUT2D eigenvalue weighted by Gasteiger charge is -2.24. The monoisotopic (exact) mass is 227 g/mol. The van der Waals surface area contributed by atoms with Gasteiger partial charge in [0.25, 0.3) is 0 Å². The van der Waals surface area contributed by atoms with Crippen molar-refractivity contribution in [3.05, 3.63) is 30.1 Å². The summed E-state index contributed by atoms with van der Waals surface area (Å²) in [5.74, 6) is -5.18. The van der Waals surface area contributed by atoms with Crippen molar-refractivity contribution in [1.82, 2.24) is 4.98 Å². The molecule has 0 amide bonds. The molecule has 0 aliphatic rings. The van der Waals surface area contributed by atoms with Crippen molar-refractivity contribution in [3.8, 4) is 0 Å². The number of halogens is 5. The second kappa shape index (κ2) is 3.73. The maximum absolute atomic E-state index is 12.6. The van der Waals surface area contributed by atoms with Crippen LogP contribution in [0.4, 0.5) is 22.0 Å². The fourth-order valence-corrected chi connectivity index (χ4v) is 0.902. The van der Waals surface area contributed by atoms with Crippen LogP contribution in [0.25, 0.3) is 0 Å². The Hall–Kier alpha value is -1.24. The van der Waals surface area contributed by atoms with Gasteiger partial charge in [0.15, 0.2) is 6.10 Å². The molecule has 1 rings (SSSR count). The van der Waals surface area contributed by atoms with E-state index in [2.05, 4.69) is 4.98 Å². The molecule has 1 heterocycles. The first-order valence-corrected chi connectivity index (χ1v) is 3.79. The summed E-state index contributed by atoms with van der Waals surface area (Å²) in [6.07, 6.45) is -6.78. The summed E-state index contributed by atoms with van der Waals surface area (Å²) in [4.78, 5) is 3.34. The zero-order chi connectivity index (χ0) is 11.7. The Bertz CT molecular complexity index is 324. The largest absolute Gasteiger partial charge is 0.456 e. The van der Waals surface area contributed by atoms with Gasteiger partial charge < -0.3 is 5.11 Å². The van der Waals surface area contributed by atoms with E-state index >= 15 is 0 Å². The van der Waals surface area contributed by atoms with Gasteiger partial charge in [0.1, 0.15) is 0 Å². The van der Waals surface area contributed by atoms with E-state index in [0.29, 0.717) is 0 Å². The van der Waals surface area contributed by atoms with Crippen LogP contribution in [0.2, 0.25) is 0 Å². The first-order chi connectivity index (χ1) is 6.77. The van der Waals surface area contributed by atoms with E-state index in [-0.39, 0.29) is 0 Å². The fraction of sp³-hybridized carbons (Fsp3) is 0.375. The zero-order valence-corrected chi connectivity index (χ0v) is 7.17. The maximum Gasteiger partial charge on any atom is 0.456 e. The van der Waals surface area contributed by atoms with Gasteiger partial charge in [-0.15, -0.1) is 0 Å². The van der Waals surface area contributed by atoms with Crippen molar-refractivity contribution >= 4 is 0 Å². The number of hydrogen-bond acceptors (Lipinski definition) is 2. The Morgan fingerprint density at radius 1 is 1.20 bits per heavy atom. The summed E-state index contributed by atoms with van der Waals surface area (Å²) in [7, 11) is 0. The topological polar surface area (TPSA) is 33.1 Å². The minimum atomic E-state index is -5.79. The molecule has 0 bridgehead atoms. The Labute approximate surface area is 81.4 Å². The molecule has 1 atom stereocenters. The third-order valence-corrected chi connectivity index (χ3v) is 1.72. The predicted octanol–water partition coefficient (Wildman–Crippen LogP) is 2.31. The molecular formula is C8H6F5NO. The molecule has 0 saturated heterocycles. The number of pyridine rings is 1. The quantitative estimate of drug-likeness (QED) is 0.786. The summed E-state index contributed by atoms with van der Waals surface area (Å²) >= 11 is 0. The highest BCUT2D eigenvalue weighted by atomic mass is 19.4. The van der Waals surface area contributed by atoms with Gasteiger partial charge in [0.2, 0.25) is 0 Å². The van der Waals surface area contributed by atoms with E-state index in [1.807, 2.05) is 0 Å². The molecule has 1 aromatic heterocycles. The van der Waals surface area contributed by atoms with Crippen LogP contribution >= 0.6 is 0 Å². The van der Waals surface area contributed by atoms with Gasteiger partial charge >= 0.3 is 12.1 Å². The van der Waals surface area contributed by atoms with Gasteiger partial charge in [-0.1, -0.05) is 6.07 Å². The summed E-state index contributed by atoms with van der Waals surface area (Å²) in [6, 6.07) is 2.10. The molecule has 2 nitrogen and oxygen atoms in total. The van der Waals surface area contributed by atoms with Gasteiger partial charge in [-0.25, -0.2) is 0 Å². The molecule has 0 radical (unpaired) electrons. The van der Waals surface area contributed by atoms with Crippen LogP contribution in [0.1, 0.15) is 11.7 Å². The fourth-order valence-electron chi connectivity index (χ4n) is 0.902.